The minimum absolute atomic E-state index is 0.0506. The minimum Gasteiger partial charge on any atom is -0.321 e. The van der Waals surface area contributed by atoms with Gasteiger partial charge in [0.25, 0.3) is 11.5 Å². The van der Waals surface area contributed by atoms with Gasteiger partial charge in [-0.05, 0) is 48.7 Å². The van der Waals surface area contributed by atoms with E-state index in [1.807, 2.05) is 0 Å². The van der Waals surface area contributed by atoms with Crippen LogP contribution in [0.3, 0.4) is 0 Å². The molecule has 3 heterocycles. The van der Waals surface area contributed by atoms with Crippen molar-refractivity contribution in [1.82, 2.24) is 9.97 Å². The van der Waals surface area contributed by atoms with Crippen molar-refractivity contribution < 1.29 is 13.6 Å². The van der Waals surface area contributed by atoms with Crippen molar-refractivity contribution in [3.05, 3.63) is 81.9 Å². The van der Waals surface area contributed by atoms with Gasteiger partial charge in [-0.3, -0.25) is 14.6 Å². The van der Waals surface area contributed by atoms with Crippen LogP contribution in [0, 0.1) is 11.6 Å². The number of carbonyl (C=O) groups is 1. The molecule has 1 aliphatic rings. The number of nitrogens with zero attached hydrogens (tertiary/aromatic N) is 2. The molecule has 0 spiro atoms. The number of anilines is 1. The smallest absolute Gasteiger partial charge is 0.263 e. The topological polar surface area (TPSA) is 66.1 Å². The van der Waals surface area contributed by atoms with E-state index >= 15 is 0 Å². The number of halogens is 2. The van der Waals surface area contributed by atoms with Crippen molar-refractivity contribution in [2.75, 3.05) is 11.4 Å². The predicted molar refractivity (Wildman–Crippen MR) is 96.6 cm³/mol. The summed E-state index contributed by atoms with van der Waals surface area (Å²) in [6, 6.07) is 8.70. The van der Waals surface area contributed by atoms with Crippen LogP contribution in [0.15, 0.2) is 53.6 Å². The van der Waals surface area contributed by atoms with E-state index in [1.165, 1.54) is 11.0 Å². The van der Waals surface area contributed by atoms with Crippen LogP contribution in [0.5, 0.6) is 0 Å². The molecule has 0 radical (unpaired) electrons. The Hall–Kier alpha value is -3.35. The highest BCUT2D eigenvalue weighted by Gasteiger charge is 2.27. The fourth-order valence-corrected chi connectivity index (χ4v) is 3.28. The molecule has 0 fully saturated rings. The number of carbonyl (C=O) groups excluding carboxylic acids is 1. The van der Waals surface area contributed by atoms with Gasteiger partial charge >= 0.3 is 0 Å². The predicted octanol–water partition coefficient (Wildman–Crippen LogP) is 3.31. The average Bonchev–Trinajstić information content (AvgIpc) is 2.68. The SMILES string of the molecule is O=C(c1ccc(-c2ccncc2)[nH]c1=O)N1CCCc2cc(F)c(F)cc21. The Balaban J connectivity index is 1.71. The number of amides is 1. The lowest BCUT2D eigenvalue weighted by Crippen LogP contribution is -2.38. The van der Waals surface area contributed by atoms with Crippen molar-refractivity contribution in [3.8, 4) is 11.3 Å². The number of nitrogens with one attached hydrogen (secondary N) is 1. The number of fused-ring (bicyclic) bond motifs is 1. The molecule has 1 aliphatic heterocycles. The number of pyridine rings is 2. The molecule has 7 heteroatoms. The summed E-state index contributed by atoms with van der Waals surface area (Å²) >= 11 is 0. The van der Waals surface area contributed by atoms with Crippen molar-refractivity contribution in [2.45, 2.75) is 12.8 Å². The van der Waals surface area contributed by atoms with E-state index < -0.39 is 23.1 Å². The van der Waals surface area contributed by atoms with Crippen LogP contribution in [-0.4, -0.2) is 22.4 Å². The zero-order chi connectivity index (χ0) is 19.0. The fourth-order valence-electron chi connectivity index (χ4n) is 3.28. The highest BCUT2D eigenvalue weighted by Crippen LogP contribution is 2.30. The fraction of sp³-hybridized carbons (Fsp3) is 0.150. The Kier molecular flexibility index (Phi) is 4.27. The molecule has 4 rings (SSSR count). The lowest BCUT2D eigenvalue weighted by molar-refractivity contribution is 0.0983. The first-order valence-electron chi connectivity index (χ1n) is 8.48. The standard InChI is InChI=1S/C20H15F2N3O2/c21-15-10-13-2-1-9-25(18(13)11-16(15)22)20(27)14-3-4-17(24-19(14)26)12-5-7-23-8-6-12/h3-8,10-11H,1-2,9H2,(H,24,26). The molecule has 136 valence electrons. The van der Waals surface area contributed by atoms with E-state index in [9.17, 15) is 18.4 Å². The number of hydrogen-bond acceptors (Lipinski definition) is 3. The molecule has 0 bridgehead atoms. The van der Waals surface area contributed by atoms with Gasteiger partial charge in [0.2, 0.25) is 0 Å². The number of aryl methyl sites for hydroxylation is 1. The first kappa shape index (κ1) is 17.1. The van der Waals surface area contributed by atoms with Gasteiger partial charge in [-0.15, -0.1) is 0 Å². The summed E-state index contributed by atoms with van der Waals surface area (Å²) in [6.07, 6.45) is 4.36. The third kappa shape index (κ3) is 3.12. The molecule has 0 saturated carbocycles. The normalized spacial score (nSPS) is 13.3. The van der Waals surface area contributed by atoms with Gasteiger partial charge in [0, 0.05) is 36.3 Å². The first-order chi connectivity index (χ1) is 13.0. The van der Waals surface area contributed by atoms with Crippen molar-refractivity contribution in [1.29, 1.82) is 0 Å². The summed E-state index contributed by atoms with van der Waals surface area (Å²) in [7, 11) is 0. The Morgan fingerprint density at radius 2 is 1.81 bits per heavy atom. The Bertz CT molecular complexity index is 1080. The van der Waals surface area contributed by atoms with Gasteiger partial charge in [0.1, 0.15) is 5.56 Å². The van der Waals surface area contributed by atoms with Gasteiger partial charge in [0.05, 0.1) is 5.69 Å². The number of hydrogen-bond donors (Lipinski definition) is 1. The number of aromatic amines is 1. The molecule has 0 saturated heterocycles. The van der Waals surface area contributed by atoms with Gasteiger partial charge in [-0.25, -0.2) is 8.78 Å². The van der Waals surface area contributed by atoms with Crippen LogP contribution >= 0.6 is 0 Å². The average molecular weight is 367 g/mol. The molecule has 3 aromatic rings. The molecule has 2 aromatic heterocycles. The lowest BCUT2D eigenvalue weighted by Gasteiger charge is -2.29. The molecule has 0 unspecified atom stereocenters. The summed E-state index contributed by atoms with van der Waals surface area (Å²) in [6.45, 7) is 0.336. The van der Waals surface area contributed by atoms with Gasteiger partial charge in [0.15, 0.2) is 11.6 Å². The van der Waals surface area contributed by atoms with E-state index in [4.69, 9.17) is 0 Å². The monoisotopic (exact) mass is 367 g/mol. The van der Waals surface area contributed by atoms with Crippen LogP contribution in [0.2, 0.25) is 0 Å². The van der Waals surface area contributed by atoms with E-state index in [0.29, 0.717) is 36.3 Å². The maximum Gasteiger partial charge on any atom is 0.263 e. The van der Waals surface area contributed by atoms with Gasteiger partial charge < -0.3 is 9.88 Å². The largest absolute Gasteiger partial charge is 0.321 e. The quantitative estimate of drug-likeness (QED) is 0.756. The summed E-state index contributed by atoms with van der Waals surface area (Å²) in [4.78, 5) is 33.3. The molecule has 1 N–H and O–H groups in total. The summed E-state index contributed by atoms with van der Waals surface area (Å²) in [5.74, 6) is -2.50. The molecular weight excluding hydrogens is 352 g/mol. The van der Waals surface area contributed by atoms with Crippen molar-refractivity contribution >= 4 is 11.6 Å². The van der Waals surface area contributed by atoms with E-state index in [-0.39, 0.29) is 5.56 Å². The highest BCUT2D eigenvalue weighted by molar-refractivity contribution is 6.06. The van der Waals surface area contributed by atoms with E-state index in [2.05, 4.69) is 9.97 Å². The van der Waals surface area contributed by atoms with Gasteiger partial charge in [-0.2, -0.15) is 0 Å². The molecule has 5 nitrogen and oxygen atoms in total. The van der Waals surface area contributed by atoms with Crippen LogP contribution < -0.4 is 10.5 Å². The maximum atomic E-state index is 13.7. The lowest BCUT2D eigenvalue weighted by atomic mass is 10.0. The number of aromatic nitrogens is 2. The zero-order valence-corrected chi connectivity index (χ0v) is 14.2. The second-order valence-corrected chi connectivity index (χ2v) is 6.31. The highest BCUT2D eigenvalue weighted by atomic mass is 19.2. The van der Waals surface area contributed by atoms with Crippen molar-refractivity contribution in [2.24, 2.45) is 0 Å². The second-order valence-electron chi connectivity index (χ2n) is 6.31. The van der Waals surface area contributed by atoms with E-state index in [0.717, 1.165) is 17.7 Å². The van der Waals surface area contributed by atoms with Gasteiger partial charge in [-0.1, -0.05) is 0 Å². The number of rotatable bonds is 2. The van der Waals surface area contributed by atoms with Crippen LogP contribution in [0.25, 0.3) is 11.3 Å². The summed E-state index contributed by atoms with van der Waals surface area (Å²) in [5.41, 5.74) is 1.60. The maximum absolute atomic E-state index is 13.7. The van der Waals surface area contributed by atoms with Crippen molar-refractivity contribution in [3.63, 3.8) is 0 Å². The number of benzene rings is 1. The van der Waals surface area contributed by atoms with Crippen LogP contribution in [0.1, 0.15) is 22.3 Å². The Labute approximate surface area is 153 Å². The molecule has 27 heavy (non-hydrogen) atoms. The summed E-state index contributed by atoms with van der Waals surface area (Å²) in [5, 5.41) is 0. The second kappa shape index (κ2) is 6.75. The number of H-pyrrole nitrogens is 1. The van der Waals surface area contributed by atoms with Crippen LogP contribution in [-0.2, 0) is 6.42 Å². The third-order valence-electron chi connectivity index (χ3n) is 4.62. The van der Waals surface area contributed by atoms with Crippen LogP contribution in [0.4, 0.5) is 14.5 Å². The molecular formula is C20H15F2N3O2. The first-order valence-corrected chi connectivity index (χ1v) is 8.48. The van der Waals surface area contributed by atoms with E-state index in [1.54, 1.807) is 30.6 Å². The Morgan fingerprint density at radius 1 is 1.07 bits per heavy atom. The molecule has 0 atom stereocenters. The Morgan fingerprint density at radius 3 is 2.56 bits per heavy atom. The molecule has 1 amide bonds. The zero-order valence-electron chi connectivity index (χ0n) is 14.2. The summed E-state index contributed by atoms with van der Waals surface area (Å²) < 4.78 is 27.2. The minimum atomic E-state index is -1.02. The molecule has 0 aliphatic carbocycles. The molecule has 1 aromatic carbocycles. The third-order valence-corrected chi connectivity index (χ3v) is 4.62.